The van der Waals surface area contributed by atoms with E-state index in [0.29, 0.717) is 6.42 Å². The second-order valence-electron chi connectivity index (χ2n) is 6.24. The van der Waals surface area contributed by atoms with Gasteiger partial charge in [0.25, 0.3) is 0 Å². The maximum Gasteiger partial charge on any atom is 0.218 e. The Morgan fingerprint density at radius 2 is 1.61 bits per heavy atom. The number of amides is 1. The lowest BCUT2D eigenvalue weighted by atomic mass is 9.86. The van der Waals surface area contributed by atoms with Crippen molar-refractivity contribution in [3.05, 3.63) is 65.7 Å². The summed E-state index contributed by atoms with van der Waals surface area (Å²) in [6.45, 7) is 2.18. The van der Waals surface area contributed by atoms with Crippen LogP contribution in [0.1, 0.15) is 42.7 Å². The normalized spacial score (nSPS) is 16.1. The van der Waals surface area contributed by atoms with E-state index < -0.39 is 0 Å². The van der Waals surface area contributed by atoms with Gasteiger partial charge in [-0.25, -0.2) is 0 Å². The molecule has 1 fully saturated rings. The van der Waals surface area contributed by atoms with Crippen LogP contribution < -0.4 is 10.6 Å². The third-order valence-electron chi connectivity index (χ3n) is 4.62. The van der Waals surface area contributed by atoms with Gasteiger partial charge in [-0.1, -0.05) is 48.5 Å². The van der Waals surface area contributed by atoms with Gasteiger partial charge in [-0.05, 0) is 36.5 Å². The minimum atomic E-state index is -0.257. The number of carbonyl (C=O) groups is 1. The topological polar surface area (TPSA) is 46.3 Å². The van der Waals surface area contributed by atoms with Crippen LogP contribution in [-0.4, -0.2) is 19.0 Å². The lowest BCUT2D eigenvalue weighted by Gasteiger charge is -2.32. The number of para-hydroxylation sites is 1. The molecule has 1 aliphatic heterocycles. The number of piperidine rings is 1. The minimum Gasteiger partial charge on any atom is -0.371 e. The number of hydrogen-bond donors (Lipinski definition) is 1. The van der Waals surface area contributed by atoms with Crippen LogP contribution in [0.5, 0.6) is 0 Å². The number of primary amides is 1. The number of anilines is 1. The maximum atomic E-state index is 11.7. The Bertz CT molecular complexity index is 648. The Morgan fingerprint density at radius 1 is 0.957 bits per heavy atom. The molecule has 0 saturated carbocycles. The molecule has 23 heavy (non-hydrogen) atoms. The number of nitrogens with two attached hydrogens (primary N) is 1. The smallest absolute Gasteiger partial charge is 0.218 e. The summed E-state index contributed by atoms with van der Waals surface area (Å²) in [5.41, 5.74) is 9.15. The number of carbonyl (C=O) groups excluding carboxylic acids is 1. The molecule has 1 atom stereocenters. The molecule has 0 aliphatic carbocycles. The molecule has 1 saturated heterocycles. The first kappa shape index (κ1) is 15.6. The average Bonchev–Trinajstić information content (AvgIpc) is 2.61. The van der Waals surface area contributed by atoms with Crippen LogP contribution in [0.4, 0.5) is 5.69 Å². The summed E-state index contributed by atoms with van der Waals surface area (Å²) in [7, 11) is 0. The van der Waals surface area contributed by atoms with Crippen LogP contribution in [0.3, 0.4) is 0 Å². The van der Waals surface area contributed by atoms with Crippen LogP contribution in [0.25, 0.3) is 0 Å². The van der Waals surface area contributed by atoms with Gasteiger partial charge < -0.3 is 10.6 Å². The predicted octanol–water partition coefficient (Wildman–Crippen LogP) is 3.68. The highest BCUT2D eigenvalue weighted by Crippen LogP contribution is 2.35. The lowest BCUT2D eigenvalue weighted by Crippen LogP contribution is -2.31. The number of nitrogens with zero attached hydrogens (tertiary/aromatic N) is 1. The molecule has 2 N–H and O–H groups in total. The van der Waals surface area contributed by atoms with Crippen molar-refractivity contribution in [3.63, 3.8) is 0 Å². The first-order valence-electron chi connectivity index (χ1n) is 8.43. The Morgan fingerprint density at radius 3 is 2.30 bits per heavy atom. The van der Waals surface area contributed by atoms with Crippen molar-refractivity contribution in [2.75, 3.05) is 18.0 Å². The van der Waals surface area contributed by atoms with Crippen LogP contribution in [-0.2, 0) is 4.79 Å². The molecular formula is C20H24N2O. The van der Waals surface area contributed by atoms with Crippen molar-refractivity contribution in [1.82, 2.24) is 0 Å². The van der Waals surface area contributed by atoms with Crippen LogP contribution in [0.2, 0.25) is 0 Å². The van der Waals surface area contributed by atoms with Gasteiger partial charge in [0.05, 0.1) is 0 Å². The fourth-order valence-corrected chi connectivity index (χ4v) is 3.50. The molecule has 0 aromatic heterocycles. The molecule has 2 aromatic rings. The molecule has 3 rings (SSSR count). The highest BCUT2D eigenvalue weighted by atomic mass is 16.1. The lowest BCUT2D eigenvalue weighted by molar-refractivity contribution is -0.118. The summed E-state index contributed by atoms with van der Waals surface area (Å²) in [5.74, 6) is -0.237. The quantitative estimate of drug-likeness (QED) is 0.916. The van der Waals surface area contributed by atoms with Crippen LogP contribution in [0, 0.1) is 0 Å². The van der Waals surface area contributed by atoms with Crippen molar-refractivity contribution in [2.45, 2.75) is 31.6 Å². The monoisotopic (exact) mass is 308 g/mol. The van der Waals surface area contributed by atoms with E-state index in [9.17, 15) is 4.79 Å². The van der Waals surface area contributed by atoms with E-state index in [0.717, 1.165) is 18.7 Å². The molecule has 0 radical (unpaired) electrons. The predicted molar refractivity (Wildman–Crippen MR) is 94.6 cm³/mol. The highest BCUT2D eigenvalue weighted by molar-refractivity contribution is 5.76. The summed E-state index contributed by atoms with van der Waals surface area (Å²) in [6, 6.07) is 18.7. The second-order valence-corrected chi connectivity index (χ2v) is 6.24. The highest BCUT2D eigenvalue weighted by Gasteiger charge is 2.22. The number of hydrogen-bond acceptors (Lipinski definition) is 2. The molecule has 1 unspecified atom stereocenters. The minimum absolute atomic E-state index is 0.0202. The summed E-state index contributed by atoms with van der Waals surface area (Å²) < 4.78 is 0. The average molecular weight is 308 g/mol. The summed E-state index contributed by atoms with van der Waals surface area (Å²) in [5, 5.41) is 0. The van der Waals surface area contributed by atoms with Gasteiger partial charge in [0.2, 0.25) is 5.91 Å². The van der Waals surface area contributed by atoms with Gasteiger partial charge in [-0.15, -0.1) is 0 Å². The van der Waals surface area contributed by atoms with Gasteiger partial charge >= 0.3 is 0 Å². The zero-order valence-corrected chi connectivity index (χ0v) is 13.4. The summed E-state index contributed by atoms with van der Waals surface area (Å²) >= 11 is 0. The van der Waals surface area contributed by atoms with Crippen molar-refractivity contribution in [2.24, 2.45) is 5.73 Å². The van der Waals surface area contributed by atoms with Crippen molar-refractivity contribution in [1.29, 1.82) is 0 Å². The molecule has 3 heteroatoms. The van der Waals surface area contributed by atoms with E-state index in [1.807, 2.05) is 18.2 Å². The maximum absolute atomic E-state index is 11.7. The second kappa shape index (κ2) is 7.32. The molecular weight excluding hydrogens is 284 g/mol. The van der Waals surface area contributed by atoms with Crippen LogP contribution >= 0.6 is 0 Å². The van der Waals surface area contributed by atoms with E-state index in [4.69, 9.17) is 5.73 Å². The summed E-state index contributed by atoms with van der Waals surface area (Å²) in [6.07, 6.45) is 4.12. The Labute approximate surface area is 138 Å². The van der Waals surface area contributed by atoms with Gasteiger partial charge in [-0.2, -0.15) is 0 Å². The van der Waals surface area contributed by atoms with E-state index in [2.05, 4.69) is 41.3 Å². The van der Waals surface area contributed by atoms with Gasteiger partial charge in [0.1, 0.15) is 0 Å². The molecule has 1 amide bonds. The largest absolute Gasteiger partial charge is 0.371 e. The molecule has 120 valence electrons. The Balaban J connectivity index is 2.00. The zero-order valence-electron chi connectivity index (χ0n) is 13.4. The molecule has 1 aliphatic rings. The van der Waals surface area contributed by atoms with Crippen LogP contribution in [0.15, 0.2) is 54.6 Å². The van der Waals surface area contributed by atoms with Gasteiger partial charge in [0, 0.05) is 31.1 Å². The first-order chi connectivity index (χ1) is 11.3. The third kappa shape index (κ3) is 3.73. The summed E-state index contributed by atoms with van der Waals surface area (Å²) in [4.78, 5) is 14.1. The molecule has 0 spiro atoms. The molecule has 0 bridgehead atoms. The van der Waals surface area contributed by atoms with E-state index in [1.54, 1.807) is 0 Å². The molecule has 2 aromatic carbocycles. The van der Waals surface area contributed by atoms with Gasteiger partial charge in [-0.3, -0.25) is 4.79 Å². The SMILES string of the molecule is NC(=O)CC(c1ccccc1)c1ccccc1N1CCCCC1. The van der Waals surface area contributed by atoms with Crippen molar-refractivity contribution in [3.8, 4) is 0 Å². The molecule has 1 heterocycles. The van der Waals surface area contributed by atoms with Crippen molar-refractivity contribution >= 4 is 11.6 Å². The standard InChI is InChI=1S/C20H24N2O/c21-20(23)15-18(16-9-3-1-4-10-16)17-11-5-6-12-19(17)22-13-7-2-8-14-22/h1,3-6,9-12,18H,2,7-8,13-15H2,(H2,21,23). The van der Waals surface area contributed by atoms with E-state index >= 15 is 0 Å². The van der Waals surface area contributed by atoms with Gasteiger partial charge in [0.15, 0.2) is 0 Å². The third-order valence-corrected chi connectivity index (χ3v) is 4.62. The van der Waals surface area contributed by atoms with E-state index in [-0.39, 0.29) is 11.8 Å². The van der Waals surface area contributed by atoms with E-state index in [1.165, 1.54) is 30.5 Å². The Kier molecular flexibility index (Phi) is 4.96. The number of rotatable bonds is 5. The number of benzene rings is 2. The zero-order chi connectivity index (χ0) is 16.1. The fraction of sp³-hybridized carbons (Fsp3) is 0.350. The van der Waals surface area contributed by atoms with Crippen molar-refractivity contribution < 1.29 is 4.79 Å². The fourth-order valence-electron chi connectivity index (χ4n) is 3.50. The first-order valence-corrected chi connectivity index (χ1v) is 8.43. The molecule has 3 nitrogen and oxygen atoms in total. The Hall–Kier alpha value is -2.29.